The Morgan fingerprint density at radius 1 is 1.22 bits per heavy atom. The van der Waals surface area contributed by atoms with Crippen molar-refractivity contribution < 1.29 is 24.1 Å². The number of pyridine rings is 1. The number of aliphatic carboxylic acids is 1. The molecule has 0 spiro atoms. The Morgan fingerprint density at radius 3 is 2.78 bits per heavy atom. The van der Waals surface area contributed by atoms with Gasteiger partial charge in [-0.25, -0.2) is 9.78 Å². The van der Waals surface area contributed by atoms with Crippen molar-refractivity contribution in [2.75, 3.05) is 25.0 Å². The highest BCUT2D eigenvalue weighted by Gasteiger charge is 2.26. The predicted molar refractivity (Wildman–Crippen MR) is 149 cm³/mol. The maximum Gasteiger partial charge on any atom is 0.349 e. The van der Waals surface area contributed by atoms with Gasteiger partial charge in [0, 0.05) is 29.9 Å². The minimum atomic E-state index is -0.833. The second-order valence-corrected chi connectivity index (χ2v) is 9.14. The van der Waals surface area contributed by atoms with Crippen molar-refractivity contribution in [1.29, 1.82) is 0 Å². The van der Waals surface area contributed by atoms with Crippen LogP contribution in [0.15, 0.2) is 58.4 Å². The largest absolute Gasteiger partial charge is 0.493 e. The smallest absolute Gasteiger partial charge is 0.349 e. The van der Waals surface area contributed by atoms with Crippen LogP contribution in [0.4, 0.5) is 11.4 Å². The first-order valence-corrected chi connectivity index (χ1v) is 12.5. The number of carboxylic acids is 1. The fraction of sp³-hybridized carbons (Fsp3) is 0.222. The van der Waals surface area contributed by atoms with Gasteiger partial charge in [-0.2, -0.15) is 4.68 Å². The maximum atomic E-state index is 13.0. The average Bonchev–Trinajstić information content (AvgIpc) is 3.52. The number of aromatic amines is 1. The van der Waals surface area contributed by atoms with Crippen molar-refractivity contribution in [2.24, 2.45) is 10.7 Å². The van der Waals surface area contributed by atoms with E-state index in [-0.39, 0.29) is 12.6 Å². The van der Waals surface area contributed by atoms with Crippen LogP contribution in [0.25, 0.3) is 5.82 Å². The van der Waals surface area contributed by atoms with E-state index in [4.69, 9.17) is 35.6 Å². The van der Waals surface area contributed by atoms with Gasteiger partial charge in [-0.05, 0) is 53.6 Å². The van der Waals surface area contributed by atoms with E-state index in [1.807, 2.05) is 30.3 Å². The molecule has 14 heteroatoms. The number of carbonyl (C=O) groups is 1. The Balaban J connectivity index is 0.000000794. The van der Waals surface area contributed by atoms with Crippen LogP contribution in [0.2, 0.25) is 0 Å². The number of benzene rings is 2. The van der Waals surface area contributed by atoms with Gasteiger partial charge < -0.3 is 36.1 Å². The summed E-state index contributed by atoms with van der Waals surface area (Å²) in [4.78, 5) is 33.3. The molecule has 0 bridgehead atoms. The molecule has 7 N–H and O–H groups in total. The van der Waals surface area contributed by atoms with Gasteiger partial charge in [0.1, 0.15) is 11.9 Å². The third-order valence-corrected chi connectivity index (χ3v) is 6.29. The molecular weight excluding hydrogens is 532 g/mol. The standard InChI is InChI=1S/C25H24N8O4.C2H4O2/c1-35-19-9-13(7-15-11-36-12-37-21(15)19)20(30-16-4-5-17-14(8-16)10-29-22(17)27)23-31-25(34)33(32-23)24-18(26)3-2-6-28-24;1-2(3)4/h2-9,20,30H,10-12,26H2,1H3,(H2,27,29)(H,31,32,34);1H3,(H,3,4)/t20-;/m0./s1. The quantitative estimate of drug-likeness (QED) is 0.230. The van der Waals surface area contributed by atoms with Crippen LogP contribution in [-0.4, -0.2) is 50.6 Å². The second-order valence-electron chi connectivity index (χ2n) is 9.14. The van der Waals surface area contributed by atoms with Gasteiger partial charge in [0.05, 0.1) is 25.9 Å². The predicted octanol–water partition coefficient (Wildman–Crippen LogP) is 1.92. The summed E-state index contributed by atoms with van der Waals surface area (Å²) in [5.41, 5.74) is 16.2. The first kappa shape index (κ1) is 27.2. The zero-order valence-corrected chi connectivity index (χ0v) is 22.2. The van der Waals surface area contributed by atoms with Crippen molar-refractivity contribution in [2.45, 2.75) is 26.1 Å². The molecule has 4 heterocycles. The number of methoxy groups -OCH3 is 1. The number of aliphatic imine (C=N–C) groups is 1. The average molecular weight is 561 g/mol. The first-order chi connectivity index (χ1) is 19.7. The molecule has 0 unspecified atom stereocenters. The summed E-state index contributed by atoms with van der Waals surface area (Å²) in [6, 6.07) is 12.4. The zero-order valence-electron chi connectivity index (χ0n) is 22.2. The Morgan fingerprint density at radius 2 is 2.02 bits per heavy atom. The number of fused-ring (bicyclic) bond motifs is 2. The molecule has 0 radical (unpaired) electrons. The highest BCUT2D eigenvalue weighted by molar-refractivity contribution is 6.01. The van der Waals surface area contributed by atoms with E-state index >= 15 is 0 Å². The maximum absolute atomic E-state index is 13.0. The van der Waals surface area contributed by atoms with Gasteiger partial charge in [-0.15, -0.1) is 5.10 Å². The summed E-state index contributed by atoms with van der Waals surface area (Å²) in [5, 5.41) is 15.5. The van der Waals surface area contributed by atoms with Crippen molar-refractivity contribution in [1.82, 2.24) is 19.7 Å². The Kier molecular flexibility index (Phi) is 7.56. The van der Waals surface area contributed by atoms with Crippen molar-refractivity contribution in [3.63, 3.8) is 0 Å². The van der Waals surface area contributed by atoms with Crippen LogP contribution in [0.5, 0.6) is 11.5 Å². The minimum Gasteiger partial charge on any atom is -0.493 e. The highest BCUT2D eigenvalue weighted by atomic mass is 16.7. The number of ether oxygens (including phenoxy) is 3. The van der Waals surface area contributed by atoms with Gasteiger partial charge in [-0.1, -0.05) is 0 Å². The molecule has 6 rings (SSSR count). The Labute approximate surface area is 233 Å². The lowest BCUT2D eigenvalue weighted by molar-refractivity contribution is -0.134. The Bertz CT molecular complexity index is 1670. The lowest BCUT2D eigenvalue weighted by Gasteiger charge is -2.24. The number of anilines is 2. The molecule has 4 aromatic rings. The van der Waals surface area contributed by atoms with Crippen molar-refractivity contribution in [3.05, 3.63) is 87.2 Å². The Hall–Kier alpha value is -5.37. The van der Waals surface area contributed by atoms with E-state index in [9.17, 15) is 4.79 Å². The van der Waals surface area contributed by atoms with Gasteiger partial charge in [0.15, 0.2) is 29.9 Å². The molecule has 212 valence electrons. The van der Waals surface area contributed by atoms with E-state index in [2.05, 4.69) is 25.4 Å². The number of nitrogen functional groups attached to an aromatic ring is 1. The van der Waals surface area contributed by atoms with E-state index < -0.39 is 17.7 Å². The minimum absolute atomic E-state index is 0.147. The number of aromatic nitrogens is 4. The molecule has 2 aromatic carbocycles. The van der Waals surface area contributed by atoms with Crippen LogP contribution >= 0.6 is 0 Å². The van der Waals surface area contributed by atoms with E-state index in [0.29, 0.717) is 42.0 Å². The summed E-state index contributed by atoms with van der Waals surface area (Å²) in [6.45, 7) is 2.10. The molecule has 0 saturated carbocycles. The lowest BCUT2D eigenvalue weighted by atomic mass is 10.0. The summed E-state index contributed by atoms with van der Waals surface area (Å²) in [6.07, 6.45) is 1.55. The number of nitrogens with two attached hydrogens (primary N) is 2. The van der Waals surface area contributed by atoms with Gasteiger partial charge in [-0.3, -0.25) is 14.8 Å². The van der Waals surface area contributed by atoms with Crippen LogP contribution < -0.4 is 31.9 Å². The molecule has 0 fully saturated rings. The molecular formula is C27H28N8O6. The topological polar surface area (TPSA) is 205 Å². The van der Waals surface area contributed by atoms with Gasteiger partial charge in [0.2, 0.25) is 0 Å². The molecule has 14 nitrogen and oxygen atoms in total. The number of carboxylic acid groups (broad SMARTS) is 1. The first-order valence-electron chi connectivity index (χ1n) is 12.5. The van der Waals surface area contributed by atoms with E-state index in [1.165, 1.54) is 0 Å². The number of hydrogen-bond donors (Lipinski definition) is 5. The van der Waals surface area contributed by atoms with Gasteiger partial charge >= 0.3 is 5.69 Å². The summed E-state index contributed by atoms with van der Waals surface area (Å²) >= 11 is 0. The summed E-state index contributed by atoms with van der Waals surface area (Å²) in [7, 11) is 1.58. The normalized spacial score (nSPS) is 14.0. The molecule has 41 heavy (non-hydrogen) atoms. The number of hydrogen-bond acceptors (Lipinski definition) is 11. The fourth-order valence-electron chi connectivity index (χ4n) is 4.52. The van der Waals surface area contributed by atoms with E-state index in [0.717, 1.165) is 39.5 Å². The number of H-pyrrole nitrogens is 1. The highest BCUT2D eigenvalue weighted by Crippen LogP contribution is 2.39. The molecule has 2 aliphatic rings. The monoisotopic (exact) mass is 560 g/mol. The van der Waals surface area contributed by atoms with Crippen LogP contribution in [0, 0.1) is 0 Å². The van der Waals surface area contributed by atoms with Crippen LogP contribution in [0.1, 0.15) is 41.0 Å². The van der Waals surface area contributed by atoms with Gasteiger partial charge in [0.25, 0.3) is 5.97 Å². The zero-order chi connectivity index (χ0) is 29.1. The lowest BCUT2D eigenvalue weighted by Crippen LogP contribution is -2.18. The van der Waals surface area contributed by atoms with Crippen molar-refractivity contribution >= 4 is 23.2 Å². The molecule has 0 saturated heterocycles. The van der Waals surface area contributed by atoms with Crippen LogP contribution in [-0.2, 0) is 22.7 Å². The van der Waals surface area contributed by atoms with E-state index in [1.54, 1.807) is 25.4 Å². The fourth-order valence-corrected chi connectivity index (χ4v) is 4.52. The van der Waals surface area contributed by atoms with Crippen molar-refractivity contribution in [3.8, 4) is 17.3 Å². The SMILES string of the molecule is CC(=O)O.COc1cc([C@H](Nc2ccc3c(c2)CN=C3N)c2nn(-c3ncccc3N)c(=O)[nH]2)cc2c1OCOC2. The van der Waals surface area contributed by atoms with Crippen LogP contribution in [0.3, 0.4) is 0 Å². The number of nitrogens with zero attached hydrogens (tertiary/aromatic N) is 4. The third kappa shape index (κ3) is 5.67. The molecule has 2 aliphatic heterocycles. The summed E-state index contributed by atoms with van der Waals surface area (Å²) < 4.78 is 17.9. The number of rotatable bonds is 6. The summed E-state index contributed by atoms with van der Waals surface area (Å²) in [5.74, 6) is 1.46. The second kappa shape index (κ2) is 11.4. The molecule has 0 aliphatic carbocycles. The molecule has 0 amide bonds. The number of nitrogens with one attached hydrogen (secondary N) is 2. The molecule has 2 aromatic heterocycles. The molecule has 1 atom stereocenters. The third-order valence-electron chi connectivity index (χ3n) is 6.29. The number of amidine groups is 1.